The number of hydrogen-bond donors (Lipinski definition) is 0. The highest BCUT2D eigenvalue weighted by atomic mass is 32.2. The number of anilines is 1. The van der Waals surface area contributed by atoms with Gasteiger partial charge in [0.15, 0.2) is 11.6 Å². The summed E-state index contributed by atoms with van der Waals surface area (Å²) in [5.74, 6) is 0.815. The van der Waals surface area contributed by atoms with E-state index in [1.54, 1.807) is 4.68 Å². The zero-order valence-electron chi connectivity index (χ0n) is 15.9. The van der Waals surface area contributed by atoms with Gasteiger partial charge in [-0.05, 0) is 42.8 Å². The lowest BCUT2D eigenvalue weighted by Crippen LogP contribution is -2.49. The fourth-order valence-electron chi connectivity index (χ4n) is 3.23. The maximum absolute atomic E-state index is 13.0. The van der Waals surface area contributed by atoms with Gasteiger partial charge >= 0.3 is 0 Å². The van der Waals surface area contributed by atoms with Crippen LogP contribution < -0.4 is 4.90 Å². The Balaban J connectivity index is 1.38. The van der Waals surface area contributed by atoms with Crippen molar-refractivity contribution in [3.8, 4) is 5.82 Å². The van der Waals surface area contributed by atoms with Crippen molar-refractivity contribution < 1.29 is 12.8 Å². The summed E-state index contributed by atoms with van der Waals surface area (Å²) in [7, 11) is -3.46. The monoisotopic (exact) mass is 416 g/mol. The molecule has 0 amide bonds. The Kier molecular flexibility index (Phi) is 5.29. The largest absolute Gasteiger partial charge is 0.352 e. The Bertz CT molecular complexity index is 1070. The molecule has 1 aliphatic heterocycles. The van der Waals surface area contributed by atoms with Gasteiger partial charge in [-0.15, -0.1) is 10.2 Å². The summed E-state index contributed by atoms with van der Waals surface area (Å²) in [6.07, 6.45) is 1.82. The van der Waals surface area contributed by atoms with Crippen molar-refractivity contribution >= 4 is 15.8 Å². The van der Waals surface area contributed by atoms with E-state index >= 15 is 0 Å². The third-order valence-electron chi connectivity index (χ3n) is 4.81. The summed E-state index contributed by atoms with van der Waals surface area (Å²) < 4.78 is 41.5. The van der Waals surface area contributed by atoms with Crippen molar-refractivity contribution in [2.75, 3.05) is 31.1 Å². The van der Waals surface area contributed by atoms with Gasteiger partial charge in [-0.2, -0.15) is 9.40 Å². The van der Waals surface area contributed by atoms with E-state index in [1.165, 1.54) is 28.6 Å². The van der Waals surface area contributed by atoms with Crippen LogP contribution in [-0.2, 0) is 15.8 Å². The predicted octanol–water partition coefficient (Wildman–Crippen LogP) is 1.76. The molecule has 0 atom stereocenters. The Labute approximate surface area is 168 Å². The van der Waals surface area contributed by atoms with Crippen LogP contribution in [0.25, 0.3) is 5.82 Å². The van der Waals surface area contributed by atoms with E-state index in [2.05, 4.69) is 15.3 Å². The van der Waals surface area contributed by atoms with E-state index < -0.39 is 10.0 Å². The van der Waals surface area contributed by atoms with Crippen molar-refractivity contribution in [3.63, 3.8) is 0 Å². The van der Waals surface area contributed by atoms with E-state index in [9.17, 15) is 12.8 Å². The molecule has 2 aromatic heterocycles. The minimum Gasteiger partial charge on any atom is -0.352 e. The molecular weight excluding hydrogens is 395 g/mol. The predicted molar refractivity (Wildman–Crippen MR) is 107 cm³/mol. The highest BCUT2D eigenvalue weighted by Crippen LogP contribution is 2.18. The molecule has 10 heteroatoms. The zero-order valence-corrected chi connectivity index (χ0v) is 16.8. The van der Waals surface area contributed by atoms with E-state index in [1.807, 2.05) is 36.2 Å². The highest BCUT2D eigenvalue weighted by molar-refractivity contribution is 7.88. The van der Waals surface area contributed by atoms with Crippen LogP contribution in [0.4, 0.5) is 10.2 Å². The van der Waals surface area contributed by atoms with Gasteiger partial charge in [0.05, 0.1) is 11.4 Å². The number of aromatic nitrogens is 4. The van der Waals surface area contributed by atoms with Crippen LogP contribution in [0, 0.1) is 12.7 Å². The van der Waals surface area contributed by atoms with Gasteiger partial charge in [-0.3, -0.25) is 0 Å². The number of benzene rings is 1. The van der Waals surface area contributed by atoms with Crippen LogP contribution in [0.5, 0.6) is 0 Å². The number of aryl methyl sites for hydroxylation is 1. The standard InChI is InChI=1S/C19H21FN6O2S/c1-15-8-9-26(23-15)19-7-6-18(21-22-19)24-10-12-25(13-11-24)29(27,28)14-16-2-4-17(20)5-3-16/h2-9H,10-14H2,1H3. The lowest BCUT2D eigenvalue weighted by atomic mass is 10.2. The van der Waals surface area contributed by atoms with Crippen LogP contribution in [0.15, 0.2) is 48.7 Å². The average Bonchev–Trinajstić information content (AvgIpc) is 3.16. The van der Waals surface area contributed by atoms with Crippen LogP contribution >= 0.6 is 0 Å². The summed E-state index contributed by atoms with van der Waals surface area (Å²) >= 11 is 0. The summed E-state index contributed by atoms with van der Waals surface area (Å²) in [6.45, 7) is 3.69. The third kappa shape index (κ3) is 4.43. The Morgan fingerprint density at radius 2 is 1.59 bits per heavy atom. The molecule has 0 N–H and O–H groups in total. The number of rotatable bonds is 5. The van der Waals surface area contributed by atoms with Gasteiger partial charge in [0.2, 0.25) is 10.0 Å². The summed E-state index contributed by atoms with van der Waals surface area (Å²) in [6, 6.07) is 11.1. The topological polar surface area (TPSA) is 84.2 Å². The second-order valence-corrected chi connectivity index (χ2v) is 8.89. The molecule has 1 fully saturated rings. The second-order valence-electron chi connectivity index (χ2n) is 6.92. The first-order valence-electron chi connectivity index (χ1n) is 9.24. The maximum Gasteiger partial charge on any atom is 0.218 e. The lowest BCUT2D eigenvalue weighted by molar-refractivity contribution is 0.383. The molecule has 1 saturated heterocycles. The van der Waals surface area contributed by atoms with Crippen molar-refractivity contribution in [2.24, 2.45) is 0 Å². The second kappa shape index (κ2) is 7.88. The van der Waals surface area contributed by atoms with Crippen LogP contribution in [-0.4, -0.2) is 58.9 Å². The summed E-state index contributed by atoms with van der Waals surface area (Å²) in [5, 5.41) is 12.8. The molecule has 4 rings (SSSR count). The first-order valence-corrected chi connectivity index (χ1v) is 10.9. The van der Waals surface area contributed by atoms with Crippen LogP contribution in [0.2, 0.25) is 0 Å². The first-order chi connectivity index (χ1) is 13.9. The SMILES string of the molecule is Cc1ccn(-c2ccc(N3CCN(S(=O)(=O)Cc4ccc(F)cc4)CC3)nn2)n1. The molecule has 0 spiro atoms. The van der Waals surface area contributed by atoms with E-state index in [0.29, 0.717) is 43.4 Å². The molecule has 0 aliphatic carbocycles. The molecule has 3 aromatic rings. The van der Waals surface area contributed by atoms with E-state index in [-0.39, 0.29) is 11.6 Å². The molecule has 29 heavy (non-hydrogen) atoms. The quantitative estimate of drug-likeness (QED) is 0.630. The first kappa shape index (κ1) is 19.5. The highest BCUT2D eigenvalue weighted by Gasteiger charge is 2.27. The number of hydrogen-bond acceptors (Lipinski definition) is 6. The smallest absolute Gasteiger partial charge is 0.218 e. The zero-order chi connectivity index (χ0) is 20.4. The molecule has 0 bridgehead atoms. The molecule has 8 nitrogen and oxygen atoms in total. The maximum atomic E-state index is 13.0. The number of piperazine rings is 1. The number of sulfonamides is 1. The molecule has 0 radical (unpaired) electrons. The molecule has 0 unspecified atom stereocenters. The number of halogens is 1. The van der Waals surface area contributed by atoms with Gasteiger partial charge in [-0.25, -0.2) is 17.5 Å². The van der Waals surface area contributed by atoms with Gasteiger partial charge < -0.3 is 4.90 Å². The molecule has 152 valence electrons. The summed E-state index contributed by atoms with van der Waals surface area (Å²) in [5.41, 5.74) is 1.47. The number of nitrogens with zero attached hydrogens (tertiary/aromatic N) is 6. The fourth-order valence-corrected chi connectivity index (χ4v) is 4.75. The normalized spacial score (nSPS) is 15.6. The van der Waals surface area contributed by atoms with Gasteiger partial charge in [0, 0.05) is 32.4 Å². The molecular formula is C19H21FN6O2S. The Morgan fingerprint density at radius 3 is 2.17 bits per heavy atom. The minimum atomic E-state index is -3.46. The molecule has 1 aromatic carbocycles. The molecule has 3 heterocycles. The van der Waals surface area contributed by atoms with Crippen molar-refractivity contribution in [2.45, 2.75) is 12.7 Å². The third-order valence-corrected chi connectivity index (χ3v) is 6.66. The van der Waals surface area contributed by atoms with Gasteiger partial charge in [0.25, 0.3) is 0 Å². The minimum absolute atomic E-state index is 0.134. The van der Waals surface area contributed by atoms with Crippen molar-refractivity contribution in [3.05, 3.63) is 65.7 Å². The van der Waals surface area contributed by atoms with Crippen molar-refractivity contribution in [1.82, 2.24) is 24.3 Å². The van der Waals surface area contributed by atoms with Crippen molar-refractivity contribution in [1.29, 1.82) is 0 Å². The Hall–Kier alpha value is -2.85. The van der Waals surface area contributed by atoms with E-state index in [4.69, 9.17) is 0 Å². The Morgan fingerprint density at radius 1 is 0.931 bits per heavy atom. The summed E-state index contributed by atoms with van der Waals surface area (Å²) in [4.78, 5) is 2.01. The van der Waals surface area contributed by atoms with Gasteiger partial charge in [0.1, 0.15) is 5.82 Å². The fraction of sp³-hybridized carbons (Fsp3) is 0.316. The molecule has 0 saturated carbocycles. The van der Waals surface area contributed by atoms with E-state index in [0.717, 1.165) is 5.69 Å². The lowest BCUT2D eigenvalue weighted by Gasteiger charge is -2.34. The van der Waals surface area contributed by atoms with Crippen LogP contribution in [0.3, 0.4) is 0 Å². The van der Waals surface area contributed by atoms with Gasteiger partial charge in [-0.1, -0.05) is 12.1 Å². The average molecular weight is 416 g/mol. The van der Waals surface area contributed by atoms with Crippen LogP contribution in [0.1, 0.15) is 11.3 Å². The molecule has 1 aliphatic rings.